The van der Waals surface area contributed by atoms with Crippen LogP contribution in [0.5, 0.6) is 0 Å². The number of aromatic nitrogens is 3. The summed E-state index contributed by atoms with van der Waals surface area (Å²) in [6.45, 7) is 7.84. The molecule has 0 atom stereocenters. The highest BCUT2D eigenvalue weighted by Gasteiger charge is 2.21. The van der Waals surface area contributed by atoms with Crippen molar-refractivity contribution in [2.45, 2.75) is 0 Å². The van der Waals surface area contributed by atoms with Crippen LogP contribution in [0.15, 0.2) is 176 Å². The molecule has 11 rings (SSSR count). The number of nitriles is 1. The fourth-order valence-corrected chi connectivity index (χ4v) is 8.83. The Kier molecular flexibility index (Phi) is 6.61. The number of hydrogen-bond donors (Lipinski definition) is 0. The van der Waals surface area contributed by atoms with Crippen molar-refractivity contribution >= 4 is 71.1 Å². The van der Waals surface area contributed by atoms with Crippen molar-refractivity contribution in [2.24, 2.45) is 0 Å². The van der Waals surface area contributed by atoms with Gasteiger partial charge in [0.05, 0.1) is 51.5 Å². The number of para-hydroxylation sites is 5. The molecule has 8 aromatic carbocycles. The maximum atomic E-state index is 10.7. The molecule has 254 valence electrons. The van der Waals surface area contributed by atoms with E-state index in [1.54, 1.807) is 0 Å². The van der Waals surface area contributed by atoms with Gasteiger partial charge in [-0.2, -0.15) is 5.26 Å². The first-order chi connectivity index (χ1) is 27.2. The zero-order valence-corrected chi connectivity index (χ0v) is 29.5. The van der Waals surface area contributed by atoms with Crippen LogP contribution < -0.4 is 0 Å². The average Bonchev–Trinajstić information content (AvgIpc) is 3.89. The van der Waals surface area contributed by atoms with Gasteiger partial charge >= 0.3 is 0 Å². The molecule has 0 saturated heterocycles. The van der Waals surface area contributed by atoms with E-state index in [1.165, 1.54) is 21.5 Å². The summed E-state index contributed by atoms with van der Waals surface area (Å²) in [5.74, 6) is 0. The topological polar surface area (TPSA) is 42.9 Å². The van der Waals surface area contributed by atoms with Gasteiger partial charge in [-0.3, -0.25) is 0 Å². The molecule has 11 aromatic rings. The second kappa shape index (κ2) is 11.8. The Labute approximate surface area is 316 Å². The Morgan fingerprint density at radius 3 is 1.69 bits per heavy atom. The first kappa shape index (κ1) is 30.7. The fourth-order valence-electron chi connectivity index (χ4n) is 8.83. The first-order valence-corrected chi connectivity index (χ1v) is 18.3. The zero-order chi connectivity index (χ0) is 36.6. The van der Waals surface area contributed by atoms with Gasteiger partial charge in [-0.25, -0.2) is 4.85 Å². The highest BCUT2D eigenvalue weighted by Crippen LogP contribution is 2.41. The summed E-state index contributed by atoms with van der Waals surface area (Å²) in [6.07, 6.45) is 0. The van der Waals surface area contributed by atoms with Crippen LogP contribution in [0.4, 0.5) is 5.69 Å². The SMILES string of the molecule is [C-]#[N+]c1cccc2c1c1ccccc1n2-c1ccc(-c2cccc(-n3c4ccccc4c4cccc(-n5c6ccccc6c6ccccc65)c43)c2)c(C#N)c1. The van der Waals surface area contributed by atoms with E-state index in [-0.39, 0.29) is 0 Å². The van der Waals surface area contributed by atoms with Crippen molar-refractivity contribution in [3.63, 3.8) is 0 Å². The maximum absolute atomic E-state index is 10.7. The molecule has 3 aromatic heterocycles. The van der Waals surface area contributed by atoms with Crippen LogP contribution in [0, 0.1) is 17.9 Å². The minimum atomic E-state index is 0.579. The quantitative estimate of drug-likeness (QED) is 0.169. The van der Waals surface area contributed by atoms with E-state index < -0.39 is 0 Å². The third-order valence-electron chi connectivity index (χ3n) is 11.1. The van der Waals surface area contributed by atoms with Crippen molar-refractivity contribution in [2.75, 3.05) is 0 Å². The molecular formula is C50H29N5. The predicted molar refractivity (Wildman–Crippen MR) is 226 cm³/mol. The minimum Gasteiger partial charge on any atom is -0.311 e. The molecule has 0 N–H and O–H groups in total. The molecule has 0 bridgehead atoms. The first-order valence-electron chi connectivity index (χ1n) is 18.3. The van der Waals surface area contributed by atoms with E-state index in [4.69, 9.17) is 6.57 Å². The number of nitrogens with zero attached hydrogens (tertiary/aromatic N) is 5. The van der Waals surface area contributed by atoms with Crippen molar-refractivity contribution < 1.29 is 0 Å². The van der Waals surface area contributed by atoms with Crippen LogP contribution >= 0.6 is 0 Å². The normalized spacial score (nSPS) is 11.6. The van der Waals surface area contributed by atoms with E-state index in [9.17, 15) is 5.26 Å². The summed E-state index contributed by atoms with van der Waals surface area (Å²) < 4.78 is 6.93. The van der Waals surface area contributed by atoms with Gasteiger partial charge in [-0.1, -0.05) is 115 Å². The highest BCUT2D eigenvalue weighted by molar-refractivity contribution is 6.16. The van der Waals surface area contributed by atoms with Crippen molar-refractivity contribution in [1.29, 1.82) is 5.26 Å². The number of hydrogen-bond acceptors (Lipinski definition) is 1. The molecule has 0 saturated carbocycles. The second-order valence-corrected chi connectivity index (χ2v) is 13.9. The fraction of sp³-hybridized carbons (Fsp3) is 0. The summed E-state index contributed by atoms with van der Waals surface area (Å²) in [6, 6.07) is 63.6. The molecule has 0 spiro atoms. The number of rotatable bonds is 4. The molecule has 0 aliphatic carbocycles. The van der Waals surface area contributed by atoms with Gasteiger partial charge in [0.15, 0.2) is 5.69 Å². The Hall–Kier alpha value is -7.86. The monoisotopic (exact) mass is 699 g/mol. The lowest BCUT2D eigenvalue weighted by Gasteiger charge is -2.16. The third-order valence-corrected chi connectivity index (χ3v) is 11.1. The molecule has 5 nitrogen and oxygen atoms in total. The Bertz CT molecular complexity index is 3420. The number of fused-ring (bicyclic) bond motifs is 9. The molecule has 55 heavy (non-hydrogen) atoms. The molecule has 0 radical (unpaired) electrons. The lowest BCUT2D eigenvalue weighted by Crippen LogP contribution is -2.01. The number of benzene rings is 8. The van der Waals surface area contributed by atoms with Gasteiger partial charge in [0.2, 0.25) is 0 Å². The van der Waals surface area contributed by atoms with Crippen LogP contribution in [0.3, 0.4) is 0 Å². The standard InChI is InChI=1S/C50H29N5/c1-52-42-20-12-25-47-49(42)41-18-5-9-24-46(41)53(47)35-27-28-36(33(30-35)31-51)32-13-10-14-34(29-32)54-43-21-6-4-17-39(43)40-19-11-26-48(50(40)54)55-44-22-7-2-15-37(44)38-16-3-8-23-45(38)55/h2-30H. The van der Waals surface area contributed by atoms with E-state index in [2.05, 4.69) is 164 Å². The smallest absolute Gasteiger partial charge is 0.197 e. The molecule has 5 heteroatoms. The van der Waals surface area contributed by atoms with Gasteiger partial charge in [-0.05, 0) is 77.2 Å². The molecule has 0 amide bonds. The zero-order valence-electron chi connectivity index (χ0n) is 29.5. The van der Waals surface area contributed by atoms with E-state index in [0.717, 1.165) is 72.1 Å². The van der Waals surface area contributed by atoms with Crippen LogP contribution in [-0.2, 0) is 0 Å². The van der Waals surface area contributed by atoms with Crippen LogP contribution in [-0.4, -0.2) is 13.7 Å². The molecular weight excluding hydrogens is 671 g/mol. The maximum Gasteiger partial charge on any atom is 0.197 e. The second-order valence-electron chi connectivity index (χ2n) is 13.9. The molecule has 3 heterocycles. The predicted octanol–water partition coefficient (Wildman–Crippen LogP) is 13.1. The van der Waals surface area contributed by atoms with Gasteiger partial charge in [0.25, 0.3) is 0 Å². The Morgan fingerprint density at radius 1 is 0.455 bits per heavy atom. The van der Waals surface area contributed by atoms with Gasteiger partial charge in [0.1, 0.15) is 0 Å². The highest BCUT2D eigenvalue weighted by atomic mass is 15.1. The van der Waals surface area contributed by atoms with Crippen LogP contribution in [0.2, 0.25) is 0 Å². The third kappa shape index (κ3) is 4.39. The van der Waals surface area contributed by atoms with Gasteiger partial charge < -0.3 is 13.7 Å². The molecule has 0 aliphatic rings. The van der Waals surface area contributed by atoms with Crippen LogP contribution in [0.25, 0.3) is 98.5 Å². The summed E-state index contributed by atoms with van der Waals surface area (Å²) in [5.41, 5.74) is 12.5. The van der Waals surface area contributed by atoms with Gasteiger partial charge in [0, 0.05) is 43.8 Å². The van der Waals surface area contributed by atoms with E-state index >= 15 is 0 Å². The van der Waals surface area contributed by atoms with Gasteiger partial charge in [-0.15, -0.1) is 0 Å². The Balaban J connectivity index is 1.13. The average molecular weight is 700 g/mol. The molecule has 0 aliphatic heterocycles. The summed E-state index contributed by atoms with van der Waals surface area (Å²) in [4.78, 5) is 3.84. The molecule has 0 unspecified atom stereocenters. The van der Waals surface area contributed by atoms with E-state index in [1.807, 2.05) is 36.4 Å². The van der Waals surface area contributed by atoms with Crippen molar-refractivity contribution in [3.05, 3.63) is 193 Å². The largest absolute Gasteiger partial charge is 0.311 e. The van der Waals surface area contributed by atoms with Crippen molar-refractivity contribution in [1.82, 2.24) is 13.7 Å². The minimum absolute atomic E-state index is 0.579. The summed E-state index contributed by atoms with van der Waals surface area (Å²) in [7, 11) is 0. The van der Waals surface area contributed by atoms with Crippen molar-refractivity contribution in [3.8, 4) is 34.3 Å². The summed E-state index contributed by atoms with van der Waals surface area (Å²) in [5, 5.41) is 17.4. The lowest BCUT2D eigenvalue weighted by molar-refractivity contribution is 1.13. The van der Waals surface area contributed by atoms with Crippen LogP contribution in [0.1, 0.15) is 5.56 Å². The molecule has 0 fully saturated rings. The lowest BCUT2D eigenvalue weighted by atomic mass is 9.99. The van der Waals surface area contributed by atoms with E-state index in [0.29, 0.717) is 11.3 Å². The Morgan fingerprint density at radius 2 is 1.00 bits per heavy atom. The summed E-state index contributed by atoms with van der Waals surface area (Å²) >= 11 is 0.